The topological polar surface area (TPSA) is 106 Å². The number of carbonyl (C=O) groups excluding carboxylic acids is 2. The molecule has 1 aliphatic carbocycles. The third kappa shape index (κ3) is 7.12. The van der Waals surface area contributed by atoms with Crippen LogP contribution in [0.2, 0.25) is 0 Å². The largest absolute Gasteiger partial charge is 0.395 e. The van der Waals surface area contributed by atoms with Gasteiger partial charge >= 0.3 is 0 Å². The van der Waals surface area contributed by atoms with Crippen molar-refractivity contribution >= 4 is 22.8 Å². The van der Waals surface area contributed by atoms with Gasteiger partial charge in [-0.2, -0.15) is 4.99 Å². The third-order valence-electron chi connectivity index (χ3n) is 8.25. The highest BCUT2D eigenvalue weighted by Gasteiger charge is 2.29. The number of aliphatic hydroxyl groups excluding tert-OH is 1. The Kier molecular flexibility index (Phi) is 9.32. The fraction of sp³-hybridized carbons (Fsp3) is 0.516. The lowest BCUT2D eigenvalue weighted by Crippen LogP contribution is -2.46. The second-order valence-electron chi connectivity index (χ2n) is 11.6. The number of aromatic amines is 1. The summed E-state index contributed by atoms with van der Waals surface area (Å²) in [5, 5.41) is 12.3. The van der Waals surface area contributed by atoms with Gasteiger partial charge in [-0.05, 0) is 81.5 Å². The van der Waals surface area contributed by atoms with Crippen molar-refractivity contribution in [3.8, 4) is 0 Å². The molecule has 0 atom stereocenters. The van der Waals surface area contributed by atoms with Crippen LogP contribution >= 0.6 is 0 Å². The minimum Gasteiger partial charge on any atom is -0.395 e. The van der Waals surface area contributed by atoms with Crippen LogP contribution in [0.4, 0.5) is 4.39 Å². The fourth-order valence-electron chi connectivity index (χ4n) is 6.05. The summed E-state index contributed by atoms with van der Waals surface area (Å²) in [6.07, 6.45) is 3.15. The van der Waals surface area contributed by atoms with Crippen molar-refractivity contribution in [1.82, 2.24) is 24.7 Å². The number of hydrogen-bond donors (Lipinski definition) is 3. The first-order valence-corrected chi connectivity index (χ1v) is 14.7. The molecule has 41 heavy (non-hydrogen) atoms. The Balaban J connectivity index is 1.43. The molecule has 1 saturated heterocycles. The van der Waals surface area contributed by atoms with Gasteiger partial charge in [0.15, 0.2) is 0 Å². The molecule has 220 valence electrons. The van der Waals surface area contributed by atoms with Crippen LogP contribution in [0, 0.1) is 11.7 Å². The highest BCUT2D eigenvalue weighted by atomic mass is 19.1. The second kappa shape index (κ2) is 13.1. The van der Waals surface area contributed by atoms with Gasteiger partial charge in [-0.3, -0.25) is 19.4 Å². The van der Waals surface area contributed by atoms with Crippen LogP contribution in [0.25, 0.3) is 11.0 Å². The minimum atomic E-state index is -0.434. The van der Waals surface area contributed by atoms with Crippen molar-refractivity contribution in [3.05, 3.63) is 65.0 Å². The third-order valence-corrected chi connectivity index (χ3v) is 8.25. The molecule has 1 aliphatic heterocycles. The van der Waals surface area contributed by atoms with Crippen molar-refractivity contribution in [2.45, 2.75) is 58.2 Å². The monoisotopic (exact) mass is 564 g/mol. The number of hydrogen-bond acceptors (Lipinski definition) is 5. The standard InChI is InChI=1S/C31H41FN6O3/c1-21(2)33-29(40)24-6-10-26(11-7-24)38-28-19-22(20-37-15-13-36(14-16-37)17-18-39)3-12-27(28)34-31(38)35-30(41)23-4-8-25(32)9-5-23/h3-5,8-9,12,19,21,24,26,39H,6-7,10-11,13-18,20H2,1-2H3,(H,33,40)(H,34,35,41)/t24-,26+. The van der Waals surface area contributed by atoms with Crippen molar-refractivity contribution in [2.24, 2.45) is 10.9 Å². The van der Waals surface area contributed by atoms with Crippen LogP contribution < -0.4 is 10.9 Å². The average Bonchev–Trinajstić information content (AvgIpc) is 3.31. The summed E-state index contributed by atoms with van der Waals surface area (Å²) in [6.45, 7) is 9.44. The number of aromatic nitrogens is 2. The lowest BCUT2D eigenvalue weighted by Gasteiger charge is -2.34. The van der Waals surface area contributed by atoms with Crippen LogP contribution in [-0.2, 0) is 11.3 Å². The fourth-order valence-corrected chi connectivity index (χ4v) is 6.05. The normalized spacial score (nSPS) is 21.0. The second-order valence-corrected chi connectivity index (χ2v) is 11.6. The lowest BCUT2D eigenvalue weighted by molar-refractivity contribution is -0.126. The summed E-state index contributed by atoms with van der Waals surface area (Å²) < 4.78 is 15.6. The molecule has 2 aliphatic rings. The number of benzene rings is 2. The Labute approximate surface area is 240 Å². The number of amides is 2. The Morgan fingerprint density at radius 2 is 1.71 bits per heavy atom. The first-order valence-electron chi connectivity index (χ1n) is 14.7. The van der Waals surface area contributed by atoms with Gasteiger partial charge in [0.05, 0.1) is 17.6 Å². The number of halogens is 1. The maximum Gasteiger partial charge on any atom is 0.280 e. The SMILES string of the molecule is CC(C)NC(=O)[C@H]1CC[C@@H](n2/c(=N/C(=O)c3ccc(F)cc3)[nH]c3ccc(CN4CCN(CCO)CC4)cc32)CC1. The molecule has 0 unspecified atom stereocenters. The van der Waals surface area contributed by atoms with E-state index in [9.17, 15) is 19.1 Å². The molecule has 3 N–H and O–H groups in total. The molecular formula is C31H41FN6O3. The first kappa shape index (κ1) is 29.2. The van der Waals surface area contributed by atoms with Crippen LogP contribution in [0.3, 0.4) is 0 Å². The number of carbonyl (C=O) groups is 2. The van der Waals surface area contributed by atoms with Crippen molar-refractivity contribution in [2.75, 3.05) is 39.3 Å². The molecule has 2 fully saturated rings. The summed E-state index contributed by atoms with van der Waals surface area (Å²) in [5.74, 6) is -0.736. The molecule has 5 rings (SSSR count). The number of rotatable bonds is 8. The van der Waals surface area contributed by atoms with E-state index in [4.69, 9.17) is 0 Å². The van der Waals surface area contributed by atoms with Crippen molar-refractivity contribution in [3.63, 3.8) is 0 Å². The van der Waals surface area contributed by atoms with Crippen LogP contribution in [0.1, 0.15) is 61.5 Å². The Hall–Kier alpha value is -3.34. The van der Waals surface area contributed by atoms with Gasteiger partial charge in [-0.15, -0.1) is 0 Å². The summed E-state index contributed by atoms with van der Waals surface area (Å²) in [5.41, 5.74) is 3.86. The van der Waals surface area contributed by atoms with E-state index in [1.165, 1.54) is 29.8 Å². The number of fused-ring (bicyclic) bond motifs is 1. The number of β-amino-alcohol motifs (C(OH)–C–C–N with tert-alkyl or cyclic N) is 1. The van der Waals surface area contributed by atoms with Crippen LogP contribution in [0.15, 0.2) is 47.5 Å². The molecule has 0 bridgehead atoms. The van der Waals surface area contributed by atoms with Gasteiger partial charge in [-0.1, -0.05) is 6.07 Å². The van der Waals surface area contributed by atoms with E-state index >= 15 is 0 Å². The number of nitrogens with zero attached hydrogens (tertiary/aromatic N) is 4. The van der Waals surface area contributed by atoms with Gasteiger partial charge in [0.2, 0.25) is 11.5 Å². The highest BCUT2D eigenvalue weighted by Crippen LogP contribution is 2.33. The van der Waals surface area contributed by atoms with E-state index < -0.39 is 11.7 Å². The van der Waals surface area contributed by atoms with Crippen LogP contribution in [0.5, 0.6) is 0 Å². The minimum absolute atomic E-state index is 0.0132. The number of nitrogens with one attached hydrogen (secondary N) is 2. The van der Waals surface area contributed by atoms with Gasteiger partial charge in [0, 0.05) is 62.8 Å². The molecule has 1 saturated carbocycles. The van der Waals surface area contributed by atoms with E-state index in [1.807, 2.05) is 19.9 Å². The van der Waals surface area contributed by atoms with E-state index in [0.29, 0.717) is 17.7 Å². The Morgan fingerprint density at radius 3 is 2.37 bits per heavy atom. The quantitative estimate of drug-likeness (QED) is 0.390. The molecular weight excluding hydrogens is 523 g/mol. The predicted octanol–water partition coefficient (Wildman–Crippen LogP) is 3.22. The van der Waals surface area contributed by atoms with Gasteiger partial charge in [0.25, 0.3) is 5.91 Å². The Bertz CT molecular complexity index is 1410. The molecule has 2 amide bonds. The van der Waals surface area contributed by atoms with Gasteiger partial charge in [-0.25, -0.2) is 4.39 Å². The molecule has 2 aromatic carbocycles. The van der Waals surface area contributed by atoms with E-state index in [2.05, 4.69) is 41.8 Å². The molecule has 2 heterocycles. The van der Waals surface area contributed by atoms with Gasteiger partial charge < -0.3 is 20.0 Å². The molecule has 0 radical (unpaired) electrons. The Morgan fingerprint density at radius 1 is 1.02 bits per heavy atom. The molecule has 0 spiro atoms. The smallest absolute Gasteiger partial charge is 0.280 e. The van der Waals surface area contributed by atoms with Crippen molar-refractivity contribution in [1.29, 1.82) is 0 Å². The number of H-pyrrole nitrogens is 1. The lowest BCUT2D eigenvalue weighted by atomic mass is 9.85. The summed E-state index contributed by atoms with van der Waals surface area (Å²) >= 11 is 0. The zero-order valence-electron chi connectivity index (χ0n) is 24.0. The maximum absolute atomic E-state index is 13.4. The van der Waals surface area contributed by atoms with Gasteiger partial charge in [0.1, 0.15) is 5.82 Å². The summed E-state index contributed by atoms with van der Waals surface area (Å²) in [4.78, 5) is 38.3. The predicted molar refractivity (Wildman–Crippen MR) is 156 cm³/mol. The molecule has 3 aromatic rings. The first-order chi connectivity index (χ1) is 19.8. The molecule has 1 aromatic heterocycles. The summed E-state index contributed by atoms with van der Waals surface area (Å²) in [7, 11) is 0. The zero-order valence-corrected chi connectivity index (χ0v) is 24.0. The molecule has 10 heteroatoms. The number of imidazole rings is 1. The number of piperazine rings is 1. The maximum atomic E-state index is 13.4. The van der Waals surface area contributed by atoms with E-state index in [1.54, 1.807) is 0 Å². The summed E-state index contributed by atoms with van der Waals surface area (Å²) in [6, 6.07) is 12.0. The molecule has 9 nitrogen and oxygen atoms in total. The van der Waals surface area contributed by atoms with E-state index in [0.717, 1.165) is 69.4 Å². The highest BCUT2D eigenvalue weighted by molar-refractivity contribution is 5.95. The van der Waals surface area contributed by atoms with Crippen molar-refractivity contribution < 1.29 is 19.1 Å². The zero-order chi connectivity index (χ0) is 28.9. The van der Waals surface area contributed by atoms with Crippen LogP contribution in [-0.4, -0.2) is 81.6 Å². The average molecular weight is 565 g/mol. The van der Waals surface area contributed by atoms with E-state index in [-0.39, 0.29) is 30.5 Å². The number of aliphatic hydroxyl groups is 1.